The molecular weight excluding hydrogens is 803 g/mol. The number of carbonyl (C=O) groups excluding carboxylic acids is 2. The smallest absolute Gasteiger partial charge is 0.306 e. The second kappa shape index (κ2) is 53.0. The lowest BCUT2D eigenvalue weighted by atomic mass is 10.0. The SMILES string of the molecule is CCCCC/C=C\C/C=C\CCCCCCCC(CC(=O)NC(CO)C(O)CCCCCCCCCCCCCCCC)OC(=O)CCCCCCCCC/C=C/CCCCCCCC. The van der Waals surface area contributed by atoms with E-state index >= 15 is 0 Å². The molecule has 0 radical (unpaired) electrons. The second-order valence-corrected chi connectivity index (χ2v) is 19.7. The van der Waals surface area contributed by atoms with Crippen LogP contribution in [-0.4, -0.2) is 46.9 Å². The summed E-state index contributed by atoms with van der Waals surface area (Å²) in [4.78, 5) is 26.3. The van der Waals surface area contributed by atoms with Gasteiger partial charge in [0, 0.05) is 6.42 Å². The fraction of sp³-hybridized carbons (Fsp3) is 0.864. The largest absolute Gasteiger partial charge is 0.462 e. The molecule has 3 atom stereocenters. The van der Waals surface area contributed by atoms with E-state index in [0.29, 0.717) is 19.3 Å². The van der Waals surface area contributed by atoms with E-state index in [-0.39, 0.29) is 24.9 Å². The Labute approximate surface area is 404 Å². The zero-order valence-electron chi connectivity index (χ0n) is 43.6. The van der Waals surface area contributed by atoms with E-state index in [9.17, 15) is 19.8 Å². The predicted molar refractivity (Wildman–Crippen MR) is 282 cm³/mol. The summed E-state index contributed by atoms with van der Waals surface area (Å²) in [5.74, 6) is -0.479. The van der Waals surface area contributed by atoms with Crippen LogP contribution in [0.3, 0.4) is 0 Å². The highest BCUT2D eigenvalue weighted by Crippen LogP contribution is 2.18. The molecule has 0 bridgehead atoms. The van der Waals surface area contributed by atoms with Crippen LogP contribution in [-0.2, 0) is 14.3 Å². The molecule has 0 aliphatic heterocycles. The van der Waals surface area contributed by atoms with Crippen LogP contribution < -0.4 is 5.32 Å². The Morgan fingerprint density at radius 2 is 0.785 bits per heavy atom. The summed E-state index contributed by atoms with van der Waals surface area (Å²) in [6, 6.07) is -0.705. The quantitative estimate of drug-likeness (QED) is 0.0321. The molecule has 0 aliphatic carbocycles. The van der Waals surface area contributed by atoms with Gasteiger partial charge in [-0.25, -0.2) is 0 Å². The van der Waals surface area contributed by atoms with Crippen LogP contribution in [0.2, 0.25) is 0 Å². The van der Waals surface area contributed by atoms with Crippen LogP contribution in [0, 0.1) is 0 Å². The van der Waals surface area contributed by atoms with Crippen molar-refractivity contribution in [2.45, 2.75) is 322 Å². The van der Waals surface area contributed by atoms with Crippen molar-refractivity contribution < 1.29 is 24.5 Å². The van der Waals surface area contributed by atoms with Gasteiger partial charge in [0.1, 0.15) is 6.10 Å². The van der Waals surface area contributed by atoms with Gasteiger partial charge in [0.2, 0.25) is 5.91 Å². The number of aliphatic hydroxyl groups is 2. The topological polar surface area (TPSA) is 95.9 Å². The zero-order chi connectivity index (χ0) is 47.4. The minimum Gasteiger partial charge on any atom is -0.462 e. The van der Waals surface area contributed by atoms with Crippen LogP contribution in [0.1, 0.15) is 303 Å². The van der Waals surface area contributed by atoms with Gasteiger partial charge >= 0.3 is 5.97 Å². The summed E-state index contributed by atoms with van der Waals surface area (Å²) in [6.07, 6.45) is 63.5. The van der Waals surface area contributed by atoms with Crippen molar-refractivity contribution in [2.75, 3.05) is 6.61 Å². The van der Waals surface area contributed by atoms with Gasteiger partial charge in [-0.1, -0.05) is 243 Å². The predicted octanol–water partition coefficient (Wildman–Crippen LogP) is 17.6. The zero-order valence-corrected chi connectivity index (χ0v) is 43.6. The summed E-state index contributed by atoms with van der Waals surface area (Å²) in [7, 11) is 0. The van der Waals surface area contributed by atoms with Gasteiger partial charge in [-0.3, -0.25) is 9.59 Å². The lowest BCUT2D eigenvalue weighted by Crippen LogP contribution is -2.46. The molecule has 0 saturated heterocycles. The van der Waals surface area contributed by atoms with Crippen LogP contribution >= 0.6 is 0 Å². The molecule has 65 heavy (non-hydrogen) atoms. The van der Waals surface area contributed by atoms with Crippen molar-refractivity contribution in [2.24, 2.45) is 0 Å². The molecule has 3 N–H and O–H groups in total. The summed E-state index contributed by atoms with van der Waals surface area (Å²) in [5, 5.41) is 23.9. The molecule has 0 saturated carbocycles. The van der Waals surface area contributed by atoms with Gasteiger partial charge in [-0.05, 0) is 83.5 Å². The van der Waals surface area contributed by atoms with Gasteiger partial charge in [-0.15, -0.1) is 0 Å². The van der Waals surface area contributed by atoms with E-state index in [1.807, 2.05) is 0 Å². The molecule has 0 fully saturated rings. The van der Waals surface area contributed by atoms with Gasteiger partial charge in [-0.2, -0.15) is 0 Å². The maximum Gasteiger partial charge on any atom is 0.306 e. The van der Waals surface area contributed by atoms with Crippen molar-refractivity contribution in [3.05, 3.63) is 36.5 Å². The van der Waals surface area contributed by atoms with Crippen molar-refractivity contribution in [3.8, 4) is 0 Å². The maximum absolute atomic E-state index is 13.3. The molecule has 0 spiro atoms. The van der Waals surface area contributed by atoms with Crippen molar-refractivity contribution in [1.82, 2.24) is 5.32 Å². The third kappa shape index (κ3) is 48.3. The highest BCUT2D eigenvalue weighted by molar-refractivity contribution is 5.77. The van der Waals surface area contributed by atoms with Crippen molar-refractivity contribution in [3.63, 3.8) is 0 Å². The highest BCUT2D eigenvalue weighted by Gasteiger charge is 2.24. The third-order valence-corrected chi connectivity index (χ3v) is 13.2. The van der Waals surface area contributed by atoms with Gasteiger partial charge in [0.15, 0.2) is 0 Å². The number of unbranched alkanes of at least 4 members (excludes halogenated alkanes) is 34. The molecule has 0 aromatic carbocycles. The van der Waals surface area contributed by atoms with Gasteiger partial charge < -0.3 is 20.3 Å². The fourth-order valence-corrected chi connectivity index (χ4v) is 8.81. The second-order valence-electron chi connectivity index (χ2n) is 19.7. The highest BCUT2D eigenvalue weighted by atomic mass is 16.5. The lowest BCUT2D eigenvalue weighted by Gasteiger charge is -2.24. The van der Waals surface area contributed by atoms with Gasteiger partial charge in [0.25, 0.3) is 0 Å². The molecule has 1 amide bonds. The number of esters is 1. The average molecular weight is 915 g/mol. The number of nitrogens with one attached hydrogen (secondary N) is 1. The molecule has 0 aliphatic rings. The monoisotopic (exact) mass is 914 g/mol. The summed E-state index contributed by atoms with van der Waals surface area (Å²) in [5.41, 5.74) is 0. The Morgan fingerprint density at radius 3 is 1.22 bits per heavy atom. The van der Waals surface area contributed by atoms with E-state index in [1.54, 1.807) is 0 Å². The first-order valence-corrected chi connectivity index (χ1v) is 28.7. The maximum atomic E-state index is 13.3. The van der Waals surface area contributed by atoms with Crippen molar-refractivity contribution >= 4 is 11.9 Å². The first-order valence-electron chi connectivity index (χ1n) is 28.7. The Bertz CT molecular complexity index is 1070. The summed E-state index contributed by atoms with van der Waals surface area (Å²) >= 11 is 0. The number of allylic oxidation sites excluding steroid dienone is 6. The molecule has 382 valence electrons. The molecule has 0 aromatic rings. The molecule has 0 heterocycles. The molecule has 0 aromatic heterocycles. The summed E-state index contributed by atoms with van der Waals surface area (Å²) in [6.45, 7) is 6.48. The molecular formula is C59H111NO5. The van der Waals surface area contributed by atoms with E-state index in [0.717, 1.165) is 64.2 Å². The molecule has 3 unspecified atom stereocenters. The minimum absolute atomic E-state index is 0.0693. The average Bonchev–Trinajstić information content (AvgIpc) is 3.30. The minimum atomic E-state index is -0.791. The first-order chi connectivity index (χ1) is 32.0. The number of carbonyl (C=O) groups is 2. The third-order valence-electron chi connectivity index (χ3n) is 13.2. The van der Waals surface area contributed by atoms with Crippen LogP contribution in [0.25, 0.3) is 0 Å². The Balaban J connectivity index is 4.56. The van der Waals surface area contributed by atoms with E-state index in [2.05, 4.69) is 62.5 Å². The number of rotatable bonds is 52. The standard InChI is InChI=1S/C59H111NO5/c1-4-7-10-13-16-19-22-25-28-29-31-34-37-40-43-46-49-52-59(64)65-55(50-47-44-41-38-35-32-30-26-23-20-17-14-11-8-5-2)53-58(63)60-56(54-61)57(62)51-48-45-42-39-36-33-27-24-21-18-15-12-9-6-3/h17,20,25-26,28,30,55-57,61-62H,4-16,18-19,21-24,27,29,31-54H2,1-3H3,(H,60,63)/b20-17-,28-25+,30-26-. The Hall–Kier alpha value is -1.92. The van der Waals surface area contributed by atoms with Crippen LogP contribution in [0.5, 0.6) is 0 Å². The van der Waals surface area contributed by atoms with Gasteiger partial charge in [0.05, 0.1) is 25.2 Å². The summed E-state index contributed by atoms with van der Waals surface area (Å²) < 4.78 is 5.96. The molecule has 6 heteroatoms. The Kier molecular flexibility index (Phi) is 51.5. The molecule has 0 rings (SSSR count). The lowest BCUT2D eigenvalue weighted by molar-refractivity contribution is -0.151. The van der Waals surface area contributed by atoms with E-state index in [1.165, 1.54) is 193 Å². The van der Waals surface area contributed by atoms with Crippen LogP contribution in [0.4, 0.5) is 0 Å². The number of hydrogen-bond acceptors (Lipinski definition) is 5. The number of amides is 1. The van der Waals surface area contributed by atoms with Crippen molar-refractivity contribution in [1.29, 1.82) is 0 Å². The Morgan fingerprint density at radius 1 is 0.446 bits per heavy atom. The number of aliphatic hydroxyl groups excluding tert-OH is 2. The van der Waals surface area contributed by atoms with E-state index in [4.69, 9.17) is 4.74 Å². The number of ether oxygens (including phenoxy) is 1. The normalized spacial score (nSPS) is 13.4. The molecule has 6 nitrogen and oxygen atoms in total. The fourth-order valence-electron chi connectivity index (χ4n) is 8.81. The number of hydrogen-bond donors (Lipinski definition) is 3. The van der Waals surface area contributed by atoms with Crippen LogP contribution in [0.15, 0.2) is 36.5 Å². The van der Waals surface area contributed by atoms with E-state index < -0.39 is 18.2 Å². The first kappa shape index (κ1) is 63.1.